The Bertz CT molecular complexity index is 646. The third kappa shape index (κ3) is 2.98. The Hall–Kier alpha value is -2.19. The Labute approximate surface area is 119 Å². The highest BCUT2D eigenvalue weighted by molar-refractivity contribution is 9.10. The van der Waals surface area contributed by atoms with E-state index in [-0.39, 0.29) is 17.3 Å². The first-order chi connectivity index (χ1) is 9.11. The van der Waals surface area contributed by atoms with Crippen molar-refractivity contribution >= 4 is 27.5 Å². The lowest BCUT2D eigenvalue weighted by Gasteiger charge is -2.16. The van der Waals surface area contributed by atoms with Gasteiger partial charge < -0.3 is 4.90 Å². The van der Waals surface area contributed by atoms with Crippen LogP contribution >= 0.6 is 15.9 Å². The molecule has 2 rings (SSSR count). The van der Waals surface area contributed by atoms with Crippen molar-refractivity contribution < 1.29 is 4.79 Å². The van der Waals surface area contributed by atoms with Crippen molar-refractivity contribution in [1.29, 1.82) is 5.26 Å². The Morgan fingerprint density at radius 2 is 1.95 bits per heavy atom. The summed E-state index contributed by atoms with van der Waals surface area (Å²) in [7, 11) is 1.67. The van der Waals surface area contributed by atoms with Crippen LogP contribution in [0.25, 0.3) is 0 Å². The summed E-state index contributed by atoms with van der Waals surface area (Å²) in [6, 6.07) is 14.1. The molecule has 0 spiro atoms. The van der Waals surface area contributed by atoms with Gasteiger partial charge in [0.1, 0.15) is 17.5 Å². The van der Waals surface area contributed by atoms with Crippen LogP contribution in [0.5, 0.6) is 0 Å². The highest BCUT2D eigenvalue weighted by atomic mass is 79.9. The van der Waals surface area contributed by atoms with E-state index in [9.17, 15) is 4.79 Å². The molecule has 0 aliphatic rings. The molecule has 1 aromatic carbocycles. The van der Waals surface area contributed by atoms with Gasteiger partial charge in [0, 0.05) is 17.2 Å². The molecule has 5 heteroatoms. The summed E-state index contributed by atoms with van der Waals surface area (Å²) in [5.41, 5.74) is 1.25. The summed E-state index contributed by atoms with van der Waals surface area (Å²) < 4.78 is 0.946. The first-order valence-electron chi connectivity index (χ1n) is 5.52. The molecule has 0 atom stereocenters. The van der Waals surface area contributed by atoms with Crippen molar-refractivity contribution in [3.63, 3.8) is 0 Å². The van der Waals surface area contributed by atoms with Crippen LogP contribution in [-0.4, -0.2) is 17.9 Å². The summed E-state index contributed by atoms with van der Waals surface area (Å²) >= 11 is 3.34. The van der Waals surface area contributed by atoms with E-state index >= 15 is 0 Å². The number of aromatic nitrogens is 1. The number of pyridine rings is 1. The topological polar surface area (TPSA) is 57.0 Å². The van der Waals surface area contributed by atoms with Crippen LogP contribution < -0.4 is 4.90 Å². The Kier molecular flexibility index (Phi) is 3.93. The van der Waals surface area contributed by atoms with Gasteiger partial charge in [0.25, 0.3) is 5.91 Å². The van der Waals surface area contributed by atoms with E-state index in [1.54, 1.807) is 25.2 Å². The minimum absolute atomic E-state index is 0.232. The van der Waals surface area contributed by atoms with Gasteiger partial charge in [-0.1, -0.05) is 22.0 Å². The molecule has 0 N–H and O–H groups in total. The fraction of sp³-hybridized carbons (Fsp3) is 0.0714. The molecule has 0 saturated heterocycles. The fourth-order valence-corrected chi connectivity index (χ4v) is 1.83. The molecule has 4 nitrogen and oxygen atoms in total. The highest BCUT2D eigenvalue weighted by Gasteiger charge is 2.15. The van der Waals surface area contributed by atoms with E-state index < -0.39 is 0 Å². The SMILES string of the molecule is CN(C(=O)c1cccc(C#N)n1)c1ccc(Br)cc1. The summed E-state index contributed by atoms with van der Waals surface area (Å²) in [4.78, 5) is 17.7. The number of halogens is 1. The van der Waals surface area contributed by atoms with Gasteiger partial charge in [-0.25, -0.2) is 4.98 Å². The summed E-state index contributed by atoms with van der Waals surface area (Å²) in [6.45, 7) is 0. The van der Waals surface area contributed by atoms with Crippen molar-refractivity contribution in [2.24, 2.45) is 0 Å². The van der Waals surface area contributed by atoms with Gasteiger partial charge in [-0.3, -0.25) is 4.79 Å². The summed E-state index contributed by atoms with van der Waals surface area (Å²) in [5, 5.41) is 8.79. The minimum atomic E-state index is -0.251. The van der Waals surface area contributed by atoms with Crippen LogP contribution in [0, 0.1) is 11.3 Å². The number of anilines is 1. The normalized spacial score (nSPS) is 9.74. The maximum absolute atomic E-state index is 12.2. The zero-order chi connectivity index (χ0) is 13.8. The summed E-state index contributed by atoms with van der Waals surface area (Å²) in [5.74, 6) is -0.251. The van der Waals surface area contributed by atoms with Gasteiger partial charge >= 0.3 is 0 Å². The van der Waals surface area contributed by atoms with Crippen LogP contribution in [0.15, 0.2) is 46.9 Å². The maximum Gasteiger partial charge on any atom is 0.276 e. The number of amides is 1. The molecule has 1 heterocycles. The van der Waals surface area contributed by atoms with E-state index in [0.717, 1.165) is 10.2 Å². The fourth-order valence-electron chi connectivity index (χ4n) is 1.57. The Morgan fingerprint density at radius 1 is 1.26 bits per heavy atom. The molecule has 0 bridgehead atoms. The number of carbonyl (C=O) groups is 1. The second kappa shape index (κ2) is 5.63. The van der Waals surface area contributed by atoms with Crippen LogP contribution in [-0.2, 0) is 0 Å². The molecule has 1 aromatic heterocycles. The number of benzene rings is 1. The summed E-state index contributed by atoms with van der Waals surface area (Å²) in [6.07, 6.45) is 0. The average molecular weight is 316 g/mol. The van der Waals surface area contributed by atoms with Crippen molar-refractivity contribution in [3.05, 3.63) is 58.3 Å². The lowest BCUT2D eigenvalue weighted by molar-refractivity contribution is 0.0988. The molecule has 0 saturated carbocycles. The van der Waals surface area contributed by atoms with E-state index in [1.807, 2.05) is 30.3 Å². The van der Waals surface area contributed by atoms with Crippen molar-refractivity contribution in [3.8, 4) is 6.07 Å². The number of hydrogen-bond acceptors (Lipinski definition) is 3. The Morgan fingerprint density at radius 3 is 2.58 bits per heavy atom. The third-order valence-corrected chi connectivity index (χ3v) is 3.13. The van der Waals surface area contributed by atoms with E-state index in [0.29, 0.717) is 0 Å². The van der Waals surface area contributed by atoms with Crippen molar-refractivity contribution in [2.45, 2.75) is 0 Å². The number of hydrogen-bond donors (Lipinski definition) is 0. The Balaban J connectivity index is 2.28. The first-order valence-corrected chi connectivity index (χ1v) is 6.32. The quantitative estimate of drug-likeness (QED) is 0.856. The molecule has 0 aliphatic heterocycles. The molecule has 2 aromatic rings. The van der Waals surface area contributed by atoms with E-state index in [2.05, 4.69) is 20.9 Å². The number of carbonyl (C=O) groups excluding carboxylic acids is 1. The maximum atomic E-state index is 12.2. The predicted molar refractivity (Wildman–Crippen MR) is 75.8 cm³/mol. The van der Waals surface area contributed by atoms with Gasteiger partial charge in [-0.05, 0) is 36.4 Å². The molecule has 94 valence electrons. The largest absolute Gasteiger partial charge is 0.310 e. The zero-order valence-corrected chi connectivity index (χ0v) is 11.8. The molecule has 1 amide bonds. The van der Waals surface area contributed by atoms with Gasteiger partial charge in [0.05, 0.1) is 0 Å². The average Bonchev–Trinajstić information content (AvgIpc) is 2.46. The van der Waals surface area contributed by atoms with E-state index in [1.165, 1.54) is 4.90 Å². The number of nitriles is 1. The second-order valence-electron chi connectivity index (χ2n) is 3.86. The molecule has 19 heavy (non-hydrogen) atoms. The molecular formula is C14H10BrN3O. The van der Waals surface area contributed by atoms with Crippen LogP contribution in [0.2, 0.25) is 0 Å². The van der Waals surface area contributed by atoms with Crippen molar-refractivity contribution in [2.75, 3.05) is 11.9 Å². The van der Waals surface area contributed by atoms with Crippen molar-refractivity contribution in [1.82, 2.24) is 4.98 Å². The standard InChI is InChI=1S/C14H10BrN3O/c1-18(12-7-5-10(15)6-8-12)14(19)13-4-2-3-11(9-16)17-13/h2-8H,1H3. The molecular weight excluding hydrogens is 306 g/mol. The first kappa shape index (κ1) is 13.2. The van der Waals surface area contributed by atoms with Crippen LogP contribution in [0.3, 0.4) is 0 Å². The predicted octanol–water partition coefficient (Wildman–Crippen LogP) is 2.99. The third-order valence-electron chi connectivity index (χ3n) is 2.60. The number of nitrogens with zero attached hydrogens (tertiary/aromatic N) is 3. The monoisotopic (exact) mass is 315 g/mol. The number of rotatable bonds is 2. The van der Waals surface area contributed by atoms with E-state index in [4.69, 9.17) is 5.26 Å². The molecule has 0 radical (unpaired) electrons. The zero-order valence-electron chi connectivity index (χ0n) is 10.2. The van der Waals surface area contributed by atoms with Gasteiger partial charge in [-0.2, -0.15) is 5.26 Å². The molecule has 0 aliphatic carbocycles. The lowest BCUT2D eigenvalue weighted by atomic mass is 10.2. The van der Waals surface area contributed by atoms with Crippen LogP contribution in [0.4, 0.5) is 5.69 Å². The molecule has 0 fully saturated rings. The lowest BCUT2D eigenvalue weighted by Crippen LogP contribution is -2.27. The highest BCUT2D eigenvalue weighted by Crippen LogP contribution is 2.18. The smallest absolute Gasteiger partial charge is 0.276 e. The van der Waals surface area contributed by atoms with Crippen LogP contribution in [0.1, 0.15) is 16.2 Å². The van der Waals surface area contributed by atoms with Gasteiger partial charge in [-0.15, -0.1) is 0 Å². The van der Waals surface area contributed by atoms with Gasteiger partial charge in [0.2, 0.25) is 0 Å². The molecule has 0 unspecified atom stereocenters. The second-order valence-corrected chi connectivity index (χ2v) is 4.78. The minimum Gasteiger partial charge on any atom is -0.310 e. The van der Waals surface area contributed by atoms with Gasteiger partial charge in [0.15, 0.2) is 0 Å².